The number of aryl methyl sites for hydroxylation is 2. The van der Waals surface area contributed by atoms with Crippen molar-refractivity contribution in [2.24, 2.45) is 7.05 Å². The number of carbonyl (C=O) groups excluding carboxylic acids is 1. The van der Waals surface area contributed by atoms with Gasteiger partial charge in [-0.1, -0.05) is 23.7 Å². The maximum atomic E-state index is 12.4. The van der Waals surface area contributed by atoms with Crippen molar-refractivity contribution >= 4 is 23.3 Å². The van der Waals surface area contributed by atoms with Gasteiger partial charge >= 0.3 is 0 Å². The Balaban J connectivity index is 1.66. The van der Waals surface area contributed by atoms with Crippen LogP contribution in [-0.2, 0) is 11.8 Å². The molecule has 1 fully saturated rings. The van der Waals surface area contributed by atoms with Crippen molar-refractivity contribution in [3.8, 4) is 0 Å². The van der Waals surface area contributed by atoms with Crippen LogP contribution in [0.25, 0.3) is 0 Å². The molecule has 3 rings (SSSR count). The van der Waals surface area contributed by atoms with Crippen LogP contribution in [0, 0.1) is 6.92 Å². The molecule has 1 aromatic heterocycles. The number of nitrogens with one attached hydrogen (secondary N) is 1. The van der Waals surface area contributed by atoms with Crippen molar-refractivity contribution in [2.75, 3.05) is 18.4 Å². The van der Waals surface area contributed by atoms with Crippen molar-refractivity contribution in [1.82, 2.24) is 14.7 Å². The van der Waals surface area contributed by atoms with Crippen molar-refractivity contribution in [3.05, 3.63) is 46.6 Å². The first kappa shape index (κ1) is 16.0. The van der Waals surface area contributed by atoms with Crippen LogP contribution in [0.15, 0.2) is 30.3 Å². The molecule has 0 bridgehead atoms. The molecule has 6 heteroatoms. The quantitative estimate of drug-likeness (QED) is 0.935. The van der Waals surface area contributed by atoms with Crippen molar-refractivity contribution in [2.45, 2.75) is 25.8 Å². The predicted octanol–water partition coefficient (Wildman–Crippen LogP) is 3.16. The van der Waals surface area contributed by atoms with Crippen LogP contribution in [0.5, 0.6) is 0 Å². The zero-order valence-corrected chi connectivity index (χ0v) is 14.2. The number of rotatable bonds is 4. The normalized spacial score (nSPS) is 18.3. The van der Waals surface area contributed by atoms with Gasteiger partial charge in [0.05, 0.1) is 12.2 Å². The van der Waals surface area contributed by atoms with Gasteiger partial charge in [0.2, 0.25) is 5.91 Å². The van der Waals surface area contributed by atoms with Crippen LogP contribution in [-0.4, -0.2) is 33.7 Å². The lowest BCUT2D eigenvalue weighted by molar-refractivity contribution is -0.117. The fourth-order valence-electron chi connectivity index (χ4n) is 3.20. The molecule has 2 heterocycles. The Labute approximate surface area is 141 Å². The number of nitrogens with zero attached hydrogens (tertiary/aromatic N) is 3. The van der Waals surface area contributed by atoms with E-state index in [0.29, 0.717) is 6.54 Å². The van der Waals surface area contributed by atoms with Crippen LogP contribution in [0.4, 0.5) is 5.82 Å². The molecule has 2 aromatic rings. The third-order valence-electron chi connectivity index (χ3n) is 4.21. The molecule has 5 nitrogen and oxygen atoms in total. The van der Waals surface area contributed by atoms with Crippen molar-refractivity contribution < 1.29 is 4.79 Å². The van der Waals surface area contributed by atoms with Gasteiger partial charge in [0.1, 0.15) is 5.82 Å². The van der Waals surface area contributed by atoms with E-state index in [1.54, 1.807) is 4.68 Å². The first-order valence-corrected chi connectivity index (χ1v) is 8.21. The third kappa shape index (κ3) is 3.74. The first-order valence-electron chi connectivity index (χ1n) is 7.83. The number of amides is 1. The fraction of sp³-hybridized carbons (Fsp3) is 0.412. The van der Waals surface area contributed by atoms with E-state index in [0.717, 1.165) is 35.9 Å². The Morgan fingerprint density at radius 1 is 1.43 bits per heavy atom. The number of carbonyl (C=O) groups is 1. The van der Waals surface area contributed by atoms with Gasteiger partial charge in [-0.2, -0.15) is 5.10 Å². The molecule has 23 heavy (non-hydrogen) atoms. The highest BCUT2D eigenvalue weighted by Crippen LogP contribution is 2.32. The second-order valence-corrected chi connectivity index (χ2v) is 6.46. The van der Waals surface area contributed by atoms with Gasteiger partial charge in [0.25, 0.3) is 0 Å². The lowest BCUT2D eigenvalue weighted by Gasteiger charge is -2.24. The zero-order valence-electron chi connectivity index (χ0n) is 13.4. The minimum Gasteiger partial charge on any atom is -0.310 e. The molecule has 1 unspecified atom stereocenters. The highest BCUT2D eigenvalue weighted by molar-refractivity contribution is 6.30. The molecule has 122 valence electrons. The number of anilines is 1. The van der Waals surface area contributed by atoms with E-state index in [-0.39, 0.29) is 11.9 Å². The Morgan fingerprint density at radius 3 is 2.96 bits per heavy atom. The molecule has 1 aromatic carbocycles. The van der Waals surface area contributed by atoms with E-state index in [1.165, 1.54) is 5.56 Å². The SMILES string of the molecule is Cc1cc(NC(=O)CN2CCCC2c2cccc(Cl)c2)n(C)n1. The fourth-order valence-corrected chi connectivity index (χ4v) is 3.40. The van der Waals surface area contributed by atoms with E-state index in [1.807, 2.05) is 38.2 Å². The summed E-state index contributed by atoms with van der Waals surface area (Å²) in [6, 6.07) is 10.0. The summed E-state index contributed by atoms with van der Waals surface area (Å²) in [5.74, 6) is 0.716. The molecule has 0 saturated carbocycles. The predicted molar refractivity (Wildman–Crippen MR) is 91.6 cm³/mol. The molecule has 0 aliphatic carbocycles. The molecule has 1 saturated heterocycles. The monoisotopic (exact) mass is 332 g/mol. The van der Waals surface area contributed by atoms with E-state index >= 15 is 0 Å². The van der Waals surface area contributed by atoms with Gasteiger partial charge in [0, 0.05) is 24.2 Å². The molecular formula is C17H21ClN4O. The van der Waals surface area contributed by atoms with Gasteiger partial charge in [-0.25, -0.2) is 0 Å². The summed E-state index contributed by atoms with van der Waals surface area (Å²) in [7, 11) is 1.83. The second kappa shape index (κ2) is 6.72. The van der Waals surface area contributed by atoms with E-state index in [4.69, 9.17) is 11.6 Å². The average molecular weight is 333 g/mol. The van der Waals surface area contributed by atoms with Gasteiger partial charge < -0.3 is 5.32 Å². The van der Waals surface area contributed by atoms with Crippen LogP contribution in [0.2, 0.25) is 5.02 Å². The summed E-state index contributed by atoms with van der Waals surface area (Å²) in [5, 5.41) is 7.92. The van der Waals surface area contributed by atoms with E-state index < -0.39 is 0 Å². The van der Waals surface area contributed by atoms with Crippen molar-refractivity contribution in [1.29, 1.82) is 0 Å². The Bertz CT molecular complexity index is 712. The third-order valence-corrected chi connectivity index (χ3v) is 4.45. The summed E-state index contributed by atoms with van der Waals surface area (Å²) in [6.45, 7) is 3.21. The Kier molecular flexibility index (Phi) is 4.68. The Morgan fingerprint density at radius 2 is 2.26 bits per heavy atom. The van der Waals surface area contributed by atoms with Crippen LogP contribution in [0.3, 0.4) is 0 Å². The van der Waals surface area contributed by atoms with Crippen LogP contribution in [0.1, 0.15) is 30.1 Å². The Hall–Kier alpha value is -1.85. The first-order chi connectivity index (χ1) is 11.0. The zero-order chi connectivity index (χ0) is 16.4. The number of likely N-dealkylation sites (tertiary alicyclic amines) is 1. The molecule has 0 spiro atoms. The summed E-state index contributed by atoms with van der Waals surface area (Å²) in [6.07, 6.45) is 2.15. The maximum absolute atomic E-state index is 12.4. The minimum absolute atomic E-state index is 0.0121. The lowest BCUT2D eigenvalue weighted by atomic mass is 10.0. The second-order valence-electron chi connectivity index (χ2n) is 6.03. The standard InChI is InChI=1S/C17H21ClN4O/c1-12-9-16(21(2)20-12)19-17(23)11-22-8-4-7-15(22)13-5-3-6-14(18)10-13/h3,5-6,9-10,15H,4,7-8,11H2,1-2H3,(H,19,23). The molecule has 1 atom stereocenters. The number of halogens is 1. The summed E-state index contributed by atoms with van der Waals surface area (Å²) < 4.78 is 1.69. The average Bonchev–Trinajstić information content (AvgIpc) is 3.06. The molecule has 1 N–H and O–H groups in total. The molecular weight excluding hydrogens is 312 g/mol. The van der Waals surface area contributed by atoms with E-state index in [9.17, 15) is 4.79 Å². The summed E-state index contributed by atoms with van der Waals surface area (Å²) in [4.78, 5) is 14.6. The highest BCUT2D eigenvalue weighted by atomic mass is 35.5. The summed E-state index contributed by atoms with van der Waals surface area (Å²) >= 11 is 6.10. The molecule has 1 aliphatic heterocycles. The van der Waals surface area contributed by atoms with E-state index in [2.05, 4.69) is 21.4 Å². The largest absolute Gasteiger partial charge is 0.310 e. The van der Waals surface area contributed by atoms with Gasteiger partial charge in [0.15, 0.2) is 0 Å². The molecule has 0 radical (unpaired) electrons. The van der Waals surface area contributed by atoms with Gasteiger partial charge in [-0.3, -0.25) is 14.4 Å². The molecule has 1 aliphatic rings. The smallest absolute Gasteiger partial charge is 0.239 e. The van der Waals surface area contributed by atoms with Crippen molar-refractivity contribution in [3.63, 3.8) is 0 Å². The topological polar surface area (TPSA) is 50.2 Å². The number of hydrogen-bond donors (Lipinski definition) is 1. The lowest BCUT2D eigenvalue weighted by Crippen LogP contribution is -2.33. The number of aromatic nitrogens is 2. The number of hydrogen-bond acceptors (Lipinski definition) is 3. The minimum atomic E-state index is -0.0121. The van der Waals surface area contributed by atoms with Gasteiger partial charge in [-0.15, -0.1) is 0 Å². The molecule has 1 amide bonds. The van der Waals surface area contributed by atoms with Crippen LogP contribution >= 0.6 is 11.6 Å². The number of benzene rings is 1. The highest BCUT2D eigenvalue weighted by Gasteiger charge is 2.27. The van der Waals surface area contributed by atoms with Crippen LogP contribution < -0.4 is 5.32 Å². The summed E-state index contributed by atoms with van der Waals surface area (Å²) in [5.41, 5.74) is 2.07. The van der Waals surface area contributed by atoms with Gasteiger partial charge in [-0.05, 0) is 44.0 Å². The maximum Gasteiger partial charge on any atom is 0.239 e.